The minimum Gasteiger partial charge on any atom is -0.465 e. The fourth-order valence-electron chi connectivity index (χ4n) is 1.77. The molecule has 0 amide bonds. The van der Waals surface area contributed by atoms with Gasteiger partial charge in [0, 0.05) is 16.5 Å². The molecule has 0 bridgehead atoms. The van der Waals surface area contributed by atoms with Crippen LogP contribution in [0.4, 0.5) is 5.69 Å². The van der Waals surface area contributed by atoms with E-state index in [2.05, 4.69) is 19.7 Å². The molecule has 0 saturated carbocycles. The minimum atomic E-state index is -0.576. The molecule has 6 nitrogen and oxygen atoms in total. The van der Waals surface area contributed by atoms with Crippen LogP contribution >= 0.6 is 0 Å². The molecule has 90 valence electrons. The molecule has 2 rings (SSSR count). The number of fused-ring (bicyclic) bond motifs is 1. The van der Waals surface area contributed by atoms with Gasteiger partial charge < -0.3 is 4.74 Å². The van der Waals surface area contributed by atoms with Gasteiger partial charge in [0.05, 0.1) is 23.9 Å². The Morgan fingerprint density at radius 3 is 2.94 bits per heavy atom. The summed E-state index contributed by atoms with van der Waals surface area (Å²) >= 11 is 0. The highest BCUT2D eigenvalue weighted by molar-refractivity contribution is 6.04. The van der Waals surface area contributed by atoms with Crippen molar-refractivity contribution in [3.8, 4) is 0 Å². The van der Waals surface area contributed by atoms with E-state index in [-0.39, 0.29) is 11.3 Å². The van der Waals surface area contributed by atoms with E-state index in [1.807, 2.05) is 19.1 Å². The lowest BCUT2D eigenvalue weighted by atomic mass is 10.1. The Kier molecular flexibility index (Phi) is 3.12. The third-order valence-corrected chi connectivity index (χ3v) is 2.62. The second kappa shape index (κ2) is 4.73. The number of carbonyl (C=O) groups is 1. The number of rotatable bonds is 2. The molecule has 1 heterocycles. The van der Waals surface area contributed by atoms with E-state index in [1.54, 1.807) is 6.07 Å². The van der Waals surface area contributed by atoms with Gasteiger partial charge in [0.15, 0.2) is 0 Å². The molecular weight excluding hydrogens is 232 g/mol. The topological polar surface area (TPSA) is 88.0 Å². The van der Waals surface area contributed by atoms with Gasteiger partial charge in [0.2, 0.25) is 0 Å². The molecule has 0 fully saturated rings. The molecule has 0 N–H and O–H groups in total. The molecule has 0 aliphatic carbocycles. The maximum absolute atomic E-state index is 11.6. The number of nitrogens with zero attached hydrogens (tertiary/aromatic N) is 4. The van der Waals surface area contributed by atoms with Crippen molar-refractivity contribution in [1.29, 1.82) is 0 Å². The second-order valence-electron chi connectivity index (χ2n) is 3.67. The highest BCUT2D eigenvalue weighted by Crippen LogP contribution is 2.30. The number of hydrogen-bond acceptors (Lipinski definition) is 4. The average Bonchev–Trinajstić information content (AvgIpc) is 2.39. The number of esters is 1. The summed E-state index contributed by atoms with van der Waals surface area (Å²) in [5, 5.41) is 4.22. The lowest BCUT2D eigenvalue weighted by Crippen LogP contribution is -2.03. The summed E-state index contributed by atoms with van der Waals surface area (Å²) in [6, 6.07) is 5.47. The zero-order valence-electron chi connectivity index (χ0n) is 9.91. The molecule has 0 atom stereocenters. The monoisotopic (exact) mass is 242 g/mol. The summed E-state index contributed by atoms with van der Waals surface area (Å²) in [7, 11) is 1.27. The van der Waals surface area contributed by atoms with Crippen LogP contribution in [0.15, 0.2) is 29.5 Å². The molecule has 0 aliphatic rings. The van der Waals surface area contributed by atoms with E-state index >= 15 is 0 Å². The first-order chi connectivity index (χ1) is 8.69. The van der Waals surface area contributed by atoms with E-state index in [4.69, 9.17) is 5.53 Å². The van der Waals surface area contributed by atoms with Crippen LogP contribution < -0.4 is 0 Å². The molecule has 2 aromatic rings. The lowest BCUT2D eigenvalue weighted by Gasteiger charge is -2.07. The summed E-state index contributed by atoms with van der Waals surface area (Å²) in [6.07, 6.45) is 1.37. The predicted molar refractivity (Wildman–Crippen MR) is 66.6 cm³/mol. The molecule has 18 heavy (non-hydrogen) atoms. The maximum atomic E-state index is 11.6. The lowest BCUT2D eigenvalue weighted by molar-refractivity contribution is 0.0601. The molecule has 0 unspecified atom stereocenters. The van der Waals surface area contributed by atoms with Crippen LogP contribution in [-0.4, -0.2) is 18.1 Å². The van der Waals surface area contributed by atoms with Gasteiger partial charge in [0.25, 0.3) is 0 Å². The van der Waals surface area contributed by atoms with Crippen LogP contribution in [0.5, 0.6) is 0 Å². The Labute approximate surface area is 103 Å². The number of carbonyl (C=O) groups excluding carboxylic acids is 1. The Morgan fingerprint density at radius 1 is 1.50 bits per heavy atom. The van der Waals surface area contributed by atoms with Crippen molar-refractivity contribution in [1.82, 2.24) is 4.98 Å². The first-order valence-corrected chi connectivity index (χ1v) is 5.20. The Balaban J connectivity index is 2.87. The summed E-state index contributed by atoms with van der Waals surface area (Å²) in [5.74, 6) is -0.576. The smallest absolute Gasteiger partial charge is 0.339 e. The molecule has 0 aliphatic heterocycles. The number of aromatic nitrogens is 1. The van der Waals surface area contributed by atoms with E-state index in [0.29, 0.717) is 10.9 Å². The summed E-state index contributed by atoms with van der Waals surface area (Å²) in [6.45, 7) is 1.90. The van der Waals surface area contributed by atoms with E-state index in [1.165, 1.54) is 13.3 Å². The maximum Gasteiger partial charge on any atom is 0.339 e. The third-order valence-electron chi connectivity index (χ3n) is 2.62. The normalized spacial score (nSPS) is 9.89. The Hall–Kier alpha value is -2.59. The van der Waals surface area contributed by atoms with Crippen LogP contribution in [0.3, 0.4) is 0 Å². The summed E-state index contributed by atoms with van der Waals surface area (Å²) < 4.78 is 4.64. The zero-order chi connectivity index (χ0) is 13.1. The van der Waals surface area contributed by atoms with Crippen molar-refractivity contribution in [2.24, 2.45) is 5.11 Å². The molecular formula is C12H10N4O2. The molecule has 1 aromatic heterocycles. The predicted octanol–water partition coefficient (Wildman–Crippen LogP) is 3.27. The van der Waals surface area contributed by atoms with Crippen LogP contribution in [0.25, 0.3) is 21.3 Å². The van der Waals surface area contributed by atoms with Gasteiger partial charge >= 0.3 is 5.97 Å². The number of aryl methyl sites for hydroxylation is 1. The van der Waals surface area contributed by atoms with E-state index in [0.717, 1.165) is 5.56 Å². The fourth-order valence-corrected chi connectivity index (χ4v) is 1.77. The fraction of sp³-hybridized carbons (Fsp3) is 0.167. The van der Waals surface area contributed by atoms with Gasteiger partial charge in [-0.3, -0.25) is 4.98 Å². The number of hydrogen-bond donors (Lipinski definition) is 0. The summed E-state index contributed by atoms with van der Waals surface area (Å²) in [4.78, 5) is 18.6. The van der Waals surface area contributed by atoms with Crippen LogP contribution in [-0.2, 0) is 4.74 Å². The number of pyridine rings is 1. The van der Waals surface area contributed by atoms with Gasteiger partial charge in [-0.15, -0.1) is 0 Å². The quantitative estimate of drug-likeness (QED) is 0.350. The number of para-hydroxylation sites is 1. The SMILES string of the molecule is COC(=O)c1cnc2c(C)cccc2c1N=[N+]=[N-]. The van der Waals surface area contributed by atoms with Crippen molar-refractivity contribution in [2.75, 3.05) is 7.11 Å². The largest absolute Gasteiger partial charge is 0.465 e. The van der Waals surface area contributed by atoms with Crippen LogP contribution in [0.2, 0.25) is 0 Å². The van der Waals surface area contributed by atoms with Crippen molar-refractivity contribution < 1.29 is 9.53 Å². The number of ether oxygens (including phenoxy) is 1. The average molecular weight is 242 g/mol. The van der Waals surface area contributed by atoms with Crippen LogP contribution in [0.1, 0.15) is 15.9 Å². The van der Waals surface area contributed by atoms with Crippen molar-refractivity contribution in [3.05, 3.63) is 46.0 Å². The Bertz CT molecular complexity index is 675. The summed E-state index contributed by atoms with van der Waals surface area (Å²) in [5.41, 5.74) is 10.7. The standard InChI is InChI=1S/C12H10N4O2/c1-7-4-3-5-8-10(7)14-6-9(12(17)18-2)11(8)15-16-13/h3-6H,1-2H3. The van der Waals surface area contributed by atoms with Gasteiger partial charge in [0.1, 0.15) is 0 Å². The highest BCUT2D eigenvalue weighted by Gasteiger charge is 2.15. The van der Waals surface area contributed by atoms with E-state index in [9.17, 15) is 4.79 Å². The second-order valence-corrected chi connectivity index (χ2v) is 3.67. The van der Waals surface area contributed by atoms with Gasteiger partial charge in [-0.1, -0.05) is 23.3 Å². The van der Waals surface area contributed by atoms with Crippen molar-refractivity contribution in [2.45, 2.75) is 6.92 Å². The van der Waals surface area contributed by atoms with E-state index < -0.39 is 5.97 Å². The first-order valence-electron chi connectivity index (χ1n) is 5.20. The van der Waals surface area contributed by atoms with Crippen molar-refractivity contribution in [3.63, 3.8) is 0 Å². The molecule has 1 aromatic carbocycles. The highest BCUT2D eigenvalue weighted by atomic mass is 16.5. The van der Waals surface area contributed by atoms with Gasteiger partial charge in [-0.05, 0) is 18.0 Å². The minimum absolute atomic E-state index is 0.161. The molecule has 0 spiro atoms. The molecule has 6 heteroatoms. The number of benzene rings is 1. The van der Waals surface area contributed by atoms with Crippen molar-refractivity contribution >= 4 is 22.6 Å². The molecule has 0 radical (unpaired) electrons. The first kappa shape index (κ1) is 11.9. The number of azide groups is 1. The molecule has 0 saturated heterocycles. The third kappa shape index (κ3) is 1.85. The number of methoxy groups -OCH3 is 1. The van der Waals surface area contributed by atoms with Gasteiger partial charge in [-0.25, -0.2) is 4.79 Å². The Morgan fingerprint density at radius 2 is 2.28 bits per heavy atom. The van der Waals surface area contributed by atoms with Gasteiger partial charge in [-0.2, -0.15) is 0 Å². The zero-order valence-corrected chi connectivity index (χ0v) is 9.91. The van der Waals surface area contributed by atoms with Crippen LogP contribution in [0, 0.1) is 6.92 Å².